The van der Waals surface area contributed by atoms with Crippen LogP contribution in [0.15, 0.2) is 231 Å². The molecule has 0 bridgehead atoms. The van der Waals surface area contributed by atoms with Crippen molar-refractivity contribution in [2.45, 2.75) is 26.2 Å². The van der Waals surface area contributed by atoms with Gasteiger partial charge >= 0.3 is 0 Å². The van der Waals surface area contributed by atoms with Crippen molar-refractivity contribution in [3.63, 3.8) is 0 Å². The lowest BCUT2D eigenvalue weighted by atomic mass is 9.84. The second kappa shape index (κ2) is 16.6. The molecule has 0 saturated carbocycles. The van der Waals surface area contributed by atoms with E-state index in [0.717, 1.165) is 0 Å². The molecule has 0 fully saturated rings. The van der Waals surface area contributed by atoms with Crippen LogP contribution in [0.2, 0.25) is 26.2 Å². The quantitative estimate of drug-likeness (QED) is 0.125. The van der Waals surface area contributed by atoms with Crippen LogP contribution >= 0.6 is 0 Å². The molecule has 0 unspecified atom stereocenters. The third-order valence-corrected chi connectivity index (χ3v) is 24.0. The van der Waals surface area contributed by atoms with Crippen LogP contribution in [0, 0.1) is 0 Å². The fourth-order valence-electron chi connectivity index (χ4n) is 13.3. The highest BCUT2D eigenvalue weighted by atomic mass is 28.3. The summed E-state index contributed by atoms with van der Waals surface area (Å²) in [6, 6.07) is 87.6. The van der Waals surface area contributed by atoms with E-state index in [0.29, 0.717) is 0 Å². The predicted molar refractivity (Wildman–Crippen MR) is 326 cm³/mol. The van der Waals surface area contributed by atoms with Gasteiger partial charge in [0.1, 0.15) is 16.1 Å². The van der Waals surface area contributed by atoms with Crippen LogP contribution in [-0.2, 0) is 0 Å². The summed E-state index contributed by atoms with van der Waals surface area (Å²) < 4.78 is 0. The number of nitrogens with zero attached hydrogens (tertiary/aromatic N) is 2. The van der Waals surface area contributed by atoms with Crippen molar-refractivity contribution in [3.05, 3.63) is 231 Å². The molecule has 0 N–H and O–H groups in total. The maximum absolute atomic E-state index is 2.52. The molecule has 0 aliphatic carbocycles. The molecule has 2 aliphatic rings. The first-order chi connectivity index (χ1) is 36.1. The van der Waals surface area contributed by atoms with Gasteiger partial charge in [0, 0.05) is 48.0 Å². The lowest BCUT2D eigenvalue weighted by molar-refractivity contribution is 1.21. The van der Waals surface area contributed by atoms with Crippen molar-refractivity contribution >= 4 is 103 Å². The Bertz CT molecular complexity index is 4050. The summed E-state index contributed by atoms with van der Waals surface area (Å²) in [4.78, 5) is 4.92. The maximum Gasteiger partial charge on any atom is 0.117 e. The van der Waals surface area contributed by atoms with Crippen molar-refractivity contribution in [1.82, 2.24) is 0 Å². The number of benzene rings is 12. The summed E-state index contributed by atoms with van der Waals surface area (Å²) in [5.41, 5.74) is 17.8. The van der Waals surface area contributed by atoms with Gasteiger partial charge in [-0.15, -0.1) is 0 Å². The molecule has 12 aromatic rings. The molecule has 2 nitrogen and oxygen atoms in total. The van der Waals surface area contributed by atoms with E-state index in [4.69, 9.17) is 0 Å². The molecule has 0 saturated heterocycles. The lowest BCUT2D eigenvalue weighted by Gasteiger charge is -2.40. The van der Waals surface area contributed by atoms with Crippen LogP contribution < -0.4 is 30.5 Å². The summed E-state index contributed by atoms with van der Waals surface area (Å²) >= 11 is 0. The van der Waals surface area contributed by atoms with E-state index in [9.17, 15) is 0 Å². The smallest absolute Gasteiger partial charge is 0.117 e. The van der Waals surface area contributed by atoms with Gasteiger partial charge in [-0.3, -0.25) is 0 Å². The second-order valence-electron chi connectivity index (χ2n) is 21.7. The van der Waals surface area contributed by atoms with Crippen LogP contribution in [0.1, 0.15) is 0 Å². The van der Waals surface area contributed by atoms with Crippen molar-refractivity contribution in [2.24, 2.45) is 0 Å². The van der Waals surface area contributed by atoms with Gasteiger partial charge in [-0.25, -0.2) is 0 Å². The number of hydrogen-bond acceptors (Lipinski definition) is 2. The molecule has 0 radical (unpaired) electrons. The van der Waals surface area contributed by atoms with Crippen LogP contribution in [0.3, 0.4) is 0 Å². The van der Waals surface area contributed by atoms with Crippen molar-refractivity contribution < 1.29 is 0 Å². The molecule has 0 spiro atoms. The van der Waals surface area contributed by atoms with E-state index in [1.165, 1.54) is 142 Å². The normalized spacial score (nSPS) is 14.2. The summed E-state index contributed by atoms with van der Waals surface area (Å²) in [6.07, 6.45) is 0. The van der Waals surface area contributed by atoms with Crippen molar-refractivity contribution in [1.29, 1.82) is 0 Å². The molecule has 354 valence electrons. The van der Waals surface area contributed by atoms with Crippen LogP contribution in [0.4, 0.5) is 22.7 Å². The van der Waals surface area contributed by atoms with E-state index in [2.05, 4.69) is 281 Å². The Balaban J connectivity index is 1.02. The standard InChI is InChI=1S/C70H56N2Si2/c1-71-62-34-14-16-36-64(62)73(3,4)66-38-20-32-56(69(66)71)58-42-48(40-46-24-10-12-26-50(46)58)52-28-18-30-54-60(52)44-61-53(29-19-31-55(61)68(54)45-22-8-7-9-23-45)49-41-47-25-11-13-27-51(47)59(43-49)57-33-21-39-67-70(57)72(2)63-35-15-17-37-65(63)74(67,5)6/h7-44H,1-6H3. The van der Waals surface area contributed by atoms with Gasteiger partial charge in [0.15, 0.2) is 0 Å². The predicted octanol–water partition coefficient (Wildman–Crippen LogP) is 16.4. The Labute approximate surface area is 436 Å². The summed E-state index contributed by atoms with van der Waals surface area (Å²) in [6.45, 7) is 10.1. The lowest BCUT2D eigenvalue weighted by Crippen LogP contribution is -2.58. The number of para-hydroxylation sites is 4. The Morgan fingerprint density at radius 3 is 1.14 bits per heavy atom. The van der Waals surface area contributed by atoms with E-state index < -0.39 is 16.1 Å². The SMILES string of the molecule is CN1c2ccccc2[Si](C)(C)c2cccc(-c3cc(-c4cccc5c(-c6ccccc6)c6cccc(-c7cc(-c8cccc9c8N(C)c8ccccc8[Si]9(C)C)c8ccccc8c7)c6cc45)cc4ccccc34)c21. The van der Waals surface area contributed by atoms with E-state index in [1.807, 2.05) is 0 Å². The molecular formula is C70H56N2Si2. The zero-order valence-corrected chi connectivity index (χ0v) is 44.8. The Kier molecular flexibility index (Phi) is 9.98. The van der Waals surface area contributed by atoms with E-state index >= 15 is 0 Å². The number of hydrogen-bond donors (Lipinski definition) is 0. The molecular weight excluding hydrogens is 925 g/mol. The first-order valence-corrected chi connectivity index (χ1v) is 32.1. The first-order valence-electron chi connectivity index (χ1n) is 26.1. The molecule has 4 heteroatoms. The zero-order valence-electron chi connectivity index (χ0n) is 42.8. The van der Waals surface area contributed by atoms with Gasteiger partial charge in [-0.05, 0) is 151 Å². The van der Waals surface area contributed by atoms with Gasteiger partial charge in [-0.2, -0.15) is 0 Å². The number of fused-ring (bicyclic) bond motifs is 8. The minimum absolute atomic E-state index is 1.21. The molecule has 0 aromatic heterocycles. The Morgan fingerprint density at radius 2 is 0.649 bits per heavy atom. The van der Waals surface area contributed by atoms with Crippen LogP contribution in [0.25, 0.3) is 98.7 Å². The average molecular weight is 981 g/mol. The van der Waals surface area contributed by atoms with Crippen molar-refractivity contribution in [3.8, 4) is 55.6 Å². The zero-order chi connectivity index (χ0) is 50.0. The molecule has 14 rings (SSSR count). The third kappa shape index (κ3) is 6.54. The summed E-state index contributed by atoms with van der Waals surface area (Å²) in [7, 11) is 0.478. The molecule has 12 aromatic carbocycles. The van der Waals surface area contributed by atoms with Gasteiger partial charge in [0.25, 0.3) is 0 Å². The topological polar surface area (TPSA) is 6.48 Å². The maximum atomic E-state index is 2.52. The van der Waals surface area contributed by atoms with E-state index in [-0.39, 0.29) is 0 Å². The number of rotatable bonds is 5. The Hall–Kier alpha value is -8.29. The number of anilines is 4. The van der Waals surface area contributed by atoms with Gasteiger partial charge in [-0.1, -0.05) is 214 Å². The van der Waals surface area contributed by atoms with Gasteiger partial charge < -0.3 is 9.80 Å². The highest BCUT2D eigenvalue weighted by Gasteiger charge is 2.40. The van der Waals surface area contributed by atoms with Crippen LogP contribution in [-0.4, -0.2) is 30.2 Å². The van der Waals surface area contributed by atoms with Gasteiger partial charge in [0.05, 0.1) is 0 Å². The third-order valence-electron chi connectivity index (χ3n) is 17.0. The molecule has 74 heavy (non-hydrogen) atoms. The summed E-state index contributed by atoms with van der Waals surface area (Å²) in [5, 5.41) is 15.9. The first kappa shape index (κ1) is 44.4. The Morgan fingerprint density at radius 1 is 0.270 bits per heavy atom. The average Bonchev–Trinajstić information content (AvgIpc) is 3.53. The van der Waals surface area contributed by atoms with Crippen molar-refractivity contribution in [2.75, 3.05) is 23.9 Å². The molecule has 0 amide bonds. The largest absolute Gasteiger partial charge is 0.344 e. The van der Waals surface area contributed by atoms with Gasteiger partial charge in [0.2, 0.25) is 0 Å². The minimum Gasteiger partial charge on any atom is -0.344 e. The monoisotopic (exact) mass is 980 g/mol. The van der Waals surface area contributed by atoms with E-state index in [1.54, 1.807) is 0 Å². The highest BCUT2D eigenvalue weighted by molar-refractivity contribution is 7.03. The highest BCUT2D eigenvalue weighted by Crippen LogP contribution is 2.48. The molecule has 0 atom stereocenters. The minimum atomic E-state index is -2.03. The fraction of sp³-hybridized carbons (Fsp3) is 0.0857. The molecule has 2 aliphatic heterocycles. The summed E-state index contributed by atoms with van der Waals surface area (Å²) in [5.74, 6) is 0. The fourth-order valence-corrected chi connectivity index (χ4v) is 19.5. The molecule has 2 heterocycles. The van der Waals surface area contributed by atoms with Crippen LogP contribution in [0.5, 0.6) is 0 Å². The second-order valence-corrected chi connectivity index (χ2v) is 30.4.